The van der Waals surface area contributed by atoms with Crippen LogP contribution in [-0.2, 0) is 6.42 Å². The standard InChI is InChI=1S/C10H13ClN2O2/c1-12-10(14)13(15)7-6-8-2-4-9(11)5-3-8/h2-5,15H,6-7H2,1H3,(H,12,14). The van der Waals surface area contributed by atoms with E-state index in [1.165, 1.54) is 7.05 Å². The van der Waals surface area contributed by atoms with Crippen LogP contribution in [0, 0.1) is 0 Å². The van der Waals surface area contributed by atoms with Crippen molar-refractivity contribution < 1.29 is 10.0 Å². The van der Waals surface area contributed by atoms with Crippen LogP contribution in [0.2, 0.25) is 5.02 Å². The zero-order valence-electron chi connectivity index (χ0n) is 8.40. The fourth-order valence-electron chi connectivity index (χ4n) is 1.12. The summed E-state index contributed by atoms with van der Waals surface area (Å²) in [4.78, 5) is 10.9. The number of urea groups is 1. The van der Waals surface area contributed by atoms with Crippen molar-refractivity contribution in [1.29, 1.82) is 0 Å². The first-order valence-electron chi connectivity index (χ1n) is 4.56. The number of hydrogen-bond donors (Lipinski definition) is 2. The molecule has 0 aromatic heterocycles. The molecular weight excluding hydrogens is 216 g/mol. The van der Waals surface area contributed by atoms with Gasteiger partial charge >= 0.3 is 6.03 Å². The molecule has 0 fully saturated rings. The molecule has 1 rings (SSSR count). The summed E-state index contributed by atoms with van der Waals surface area (Å²) in [6, 6.07) is 6.76. The third kappa shape index (κ3) is 3.77. The highest BCUT2D eigenvalue weighted by atomic mass is 35.5. The molecule has 0 spiro atoms. The average Bonchev–Trinajstić information content (AvgIpc) is 2.26. The molecule has 0 unspecified atom stereocenters. The Hall–Kier alpha value is -1.26. The van der Waals surface area contributed by atoms with Gasteiger partial charge in [-0.15, -0.1) is 0 Å². The lowest BCUT2D eigenvalue weighted by Gasteiger charge is -2.13. The molecule has 1 aromatic rings. The Morgan fingerprint density at radius 1 is 1.47 bits per heavy atom. The summed E-state index contributed by atoms with van der Waals surface area (Å²) in [5.41, 5.74) is 1.02. The topological polar surface area (TPSA) is 52.6 Å². The molecule has 2 N–H and O–H groups in total. The highest BCUT2D eigenvalue weighted by Crippen LogP contribution is 2.09. The van der Waals surface area contributed by atoms with Gasteiger partial charge < -0.3 is 5.32 Å². The van der Waals surface area contributed by atoms with Crippen molar-refractivity contribution in [1.82, 2.24) is 10.4 Å². The number of rotatable bonds is 3. The van der Waals surface area contributed by atoms with Crippen molar-refractivity contribution in [3.05, 3.63) is 34.9 Å². The van der Waals surface area contributed by atoms with Gasteiger partial charge in [-0.2, -0.15) is 0 Å². The van der Waals surface area contributed by atoms with Gasteiger partial charge in [0.05, 0.1) is 6.54 Å². The number of nitrogens with zero attached hydrogens (tertiary/aromatic N) is 1. The van der Waals surface area contributed by atoms with Gasteiger partial charge in [0, 0.05) is 12.1 Å². The molecule has 5 heteroatoms. The molecule has 0 saturated heterocycles. The fourth-order valence-corrected chi connectivity index (χ4v) is 1.24. The maximum atomic E-state index is 10.9. The predicted molar refractivity (Wildman–Crippen MR) is 58.1 cm³/mol. The minimum atomic E-state index is -0.510. The zero-order chi connectivity index (χ0) is 11.3. The SMILES string of the molecule is CNC(=O)N(O)CCc1ccc(Cl)cc1. The lowest BCUT2D eigenvalue weighted by atomic mass is 10.1. The van der Waals surface area contributed by atoms with E-state index in [4.69, 9.17) is 11.6 Å². The van der Waals surface area contributed by atoms with Crippen molar-refractivity contribution in [3.63, 3.8) is 0 Å². The van der Waals surface area contributed by atoms with Gasteiger partial charge in [-0.05, 0) is 24.1 Å². The van der Waals surface area contributed by atoms with E-state index in [0.717, 1.165) is 5.56 Å². The molecule has 0 aliphatic heterocycles. The minimum absolute atomic E-state index is 0.251. The predicted octanol–water partition coefficient (Wildman–Crippen LogP) is 1.91. The number of carbonyl (C=O) groups excluding carboxylic acids is 1. The molecule has 0 saturated carbocycles. The van der Waals surface area contributed by atoms with Gasteiger partial charge in [0.2, 0.25) is 0 Å². The van der Waals surface area contributed by atoms with E-state index in [-0.39, 0.29) is 6.54 Å². The van der Waals surface area contributed by atoms with Crippen molar-refractivity contribution in [2.45, 2.75) is 6.42 Å². The van der Waals surface area contributed by atoms with Crippen LogP contribution in [0.25, 0.3) is 0 Å². The third-order valence-corrected chi connectivity index (χ3v) is 2.23. The largest absolute Gasteiger partial charge is 0.340 e. The Morgan fingerprint density at radius 2 is 2.07 bits per heavy atom. The van der Waals surface area contributed by atoms with Gasteiger partial charge in [0.15, 0.2) is 0 Å². The van der Waals surface area contributed by atoms with Gasteiger partial charge in [-0.1, -0.05) is 23.7 Å². The molecular formula is C10H13ClN2O2. The summed E-state index contributed by atoms with van der Waals surface area (Å²) in [5, 5.41) is 12.9. The van der Waals surface area contributed by atoms with E-state index in [0.29, 0.717) is 16.5 Å². The summed E-state index contributed by atoms with van der Waals surface area (Å²) >= 11 is 5.72. The highest BCUT2D eigenvalue weighted by Gasteiger charge is 2.07. The number of carbonyl (C=O) groups is 1. The number of amides is 2. The third-order valence-electron chi connectivity index (χ3n) is 1.97. The van der Waals surface area contributed by atoms with Crippen LogP contribution in [0.5, 0.6) is 0 Å². The maximum Gasteiger partial charge on any atom is 0.340 e. The summed E-state index contributed by atoms with van der Waals surface area (Å²) in [7, 11) is 1.47. The molecule has 0 atom stereocenters. The normalized spacial score (nSPS) is 9.80. The van der Waals surface area contributed by atoms with Crippen LogP contribution in [0.4, 0.5) is 4.79 Å². The van der Waals surface area contributed by atoms with E-state index in [9.17, 15) is 10.0 Å². The van der Waals surface area contributed by atoms with E-state index in [2.05, 4.69) is 5.32 Å². The Kier molecular flexibility index (Phi) is 4.39. The number of hydrogen-bond acceptors (Lipinski definition) is 2. The van der Waals surface area contributed by atoms with Crippen LogP contribution >= 0.6 is 11.6 Å². The fraction of sp³-hybridized carbons (Fsp3) is 0.300. The average molecular weight is 229 g/mol. The second kappa shape index (κ2) is 5.58. The van der Waals surface area contributed by atoms with Crippen molar-refractivity contribution >= 4 is 17.6 Å². The molecule has 0 heterocycles. The molecule has 0 aliphatic carbocycles. The monoisotopic (exact) mass is 228 g/mol. The van der Waals surface area contributed by atoms with E-state index in [1.807, 2.05) is 12.1 Å². The second-order valence-electron chi connectivity index (χ2n) is 3.05. The summed E-state index contributed by atoms with van der Waals surface area (Å²) in [6.45, 7) is 0.251. The highest BCUT2D eigenvalue weighted by molar-refractivity contribution is 6.30. The first kappa shape index (κ1) is 11.8. The first-order chi connectivity index (χ1) is 7.13. The number of benzene rings is 1. The Morgan fingerprint density at radius 3 is 2.60 bits per heavy atom. The second-order valence-corrected chi connectivity index (χ2v) is 3.49. The number of nitrogens with one attached hydrogen (secondary N) is 1. The smallest absolute Gasteiger partial charge is 0.339 e. The molecule has 2 amide bonds. The van der Waals surface area contributed by atoms with Gasteiger partial charge in [0.1, 0.15) is 0 Å². The Bertz CT molecular complexity index is 327. The van der Waals surface area contributed by atoms with Crippen molar-refractivity contribution in [2.75, 3.05) is 13.6 Å². The van der Waals surface area contributed by atoms with Crippen molar-refractivity contribution in [2.24, 2.45) is 0 Å². The summed E-state index contributed by atoms with van der Waals surface area (Å²) in [5.74, 6) is 0. The van der Waals surface area contributed by atoms with Crippen LogP contribution < -0.4 is 5.32 Å². The van der Waals surface area contributed by atoms with Gasteiger partial charge in [-0.25, -0.2) is 9.86 Å². The molecule has 0 radical (unpaired) electrons. The van der Waals surface area contributed by atoms with Crippen LogP contribution in [0.1, 0.15) is 5.56 Å². The van der Waals surface area contributed by atoms with Crippen LogP contribution in [0.3, 0.4) is 0 Å². The molecule has 82 valence electrons. The lowest BCUT2D eigenvalue weighted by Crippen LogP contribution is -2.36. The number of hydroxylamine groups is 2. The van der Waals surface area contributed by atoms with E-state index < -0.39 is 6.03 Å². The minimum Gasteiger partial charge on any atom is -0.339 e. The van der Waals surface area contributed by atoms with Crippen molar-refractivity contribution in [3.8, 4) is 0 Å². The molecule has 0 aliphatic rings. The zero-order valence-corrected chi connectivity index (χ0v) is 9.16. The summed E-state index contributed by atoms with van der Waals surface area (Å²) < 4.78 is 0. The van der Waals surface area contributed by atoms with E-state index in [1.54, 1.807) is 12.1 Å². The van der Waals surface area contributed by atoms with E-state index >= 15 is 0 Å². The molecule has 15 heavy (non-hydrogen) atoms. The molecule has 4 nitrogen and oxygen atoms in total. The molecule has 1 aromatic carbocycles. The van der Waals surface area contributed by atoms with Gasteiger partial charge in [-0.3, -0.25) is 5.21 Å². The Labute approximate surface area is 93.4 Å². The van der Waals surface area contributed by atoms with Crippen LogP contribution in [0.15, 0.2) is 24.3 Å². The Balaban J connectivity index is 2.43. The summed E-state index contributed by atoms with van der Waals surface area (Å²) in [6.07, 6.45) is 0.584. The quantitative estimate of drug-likeness (QED) is 0.614. The maximum absolute atomic E-state index is 10.9. The first-order valence-corrected chi connectivity index (χ1v) is 4.94. The van der Waals surface area contributed by atoms with Gasteiger partial charge in [0.25, 0.3) is 0 Å². The number of halogens is 1. The molecule has 0 bridgehead atoms. The lowest BCUT2D eigenvalue weighted by molar-refractivity contribution is -0.0413. The van der Waals surface area contributed by atoms with Crippen LogP contribution in [-0.4, -0.2) is 29.9 Å².